The van der Waals surface area contributed by atoms with Crippen molar-refractivity contribution < 1.29 is 32.9 Å². The van der Waals surface area contributed by atoms with E-state index in [9.17, 15) is 19.4 Å². The third-order valence-corrected chi connectivity index (χ3v) is 12.6. The summed E-state index contributed by atoms with van der Waals surface area (Å²) in [5.74, 6) is -0.188. The average molecular weight is 882 g/mol. The van der Waals surface area contributed by atoms with Crippen molar-refractivity contribution in [1.29, 1.82) is 0 Å². The summed E-state index contributed by atoms with van der Waals surface area (Å²) in [4.78, 5) is 23.1. The Bertz CT molecular complexity index is 1090. The van der Waals surface area contributed by atoms with Gasteiger partial charge in [-0.25, -0.2) is 4.57 Å². The highest BCUT2D eigenvalue weighted by Gasteiger charge is 2.27. The number of quaternary nitrogens is 1. The number of phosphoric acid groups is 1. The van der Waals surface area contributed by atoms with Crippen LogP contribution < -0.4 is 5.32 Å². The number of carbonyl (C=O) groups excluding carboxylic acids is 1. The molecule has 0 aromatic heterocycles. The predicted molar refractivity (Wildman–Crippen MR) is 263 cm³/mol. The van der Waals surface area contributed by atoms with Gasteiger partial charge in [-0.15, -0.1) is 0 Å². The lowest BCUT2D eigenvalue weighted by Gasteiger charge is -2.25. The zero-order chi connectivity index (χ0) is 45.0. The Balaban J connectivity index is 4.05. The van der Waals surface area contributed by atoms with Crippen LogP contribution in [0.5, 0.6) is 0 Å². The van der Waals surface area contributed by atoms with Crippen LogP contribution in [0.25, 0.3) is 0 Å². The molecule has 0 saturated heterocycles. The molecular weight excluding hydrogens is 780 g/mol. The van der Waals surface area contributed by atoms with Crippen LogP contribution in [0.3, 0.4) is 0 Å². The fraction of sp³-hybridized carbons (Fsp3) is 0.865. The summed E-state index contributed by atoms with van der Waals surface area (Å²) in [6.45, 7) is 4.77. The number of phosphoric ester groups is 1. The highest BCUT2D eigenvalue weighted by atomic mass is 31.2. The number of unbranched alkanes of at least 4 members (excludes halogenated alkanes) is 30. The SMILES string of the molecule is CCCCCC/C=C/CC/C=C/C(O)C(COP(=O)(O)OCC[N+](C)(C)C)NC(=O)CCCCCCCCCCCCCCC/C=C\CCCCCCCCCCCCCC. The Morgan fingerprint density at radius 1 is 0.541 bits per heavy atom. The zero-order valence-corrected chi connectivity index (χ0v) is 41.8. The van der Waals surface area contributed by atoms with Crippen LogP contribution in [-0.4, -0.2) is 73.4 Å². The van der Waals surface area contributed by atoms with Crippen LogP contribution in [0.15, 0.2) is 36.5 Å². The molecule has 61 heavy (non-hydrogen) atoms. The molecule has 0 aliphatic rings. The van der Waals surface area contributed by atoms with E-state index < -0.39 is 20.0 Å². The number of nitrogens with one attached hydrogen (secondary N) is 1. The van der Waals surface area contributed by atoms with Crippen LogP contribution in [0, 0.1) is 0 Å². The van der Waals surface area contributed by atoms with E-state index in [0.29, 0.717) is 17.4 Å². The van der Waals surface area contributed by atoms with E-state index >= 15 is 0 Å². The van der Waals surface area contributed by atoms with E-state index in [1.54, 1.807) is 6.08 Å². The van der Waals surface area contributed by atoms with Gasteiger partial charge in [0.25, 0.3) is 0 Å². The quantitative estimate of drug-likeness (QED) is 0.0243. The second-order valence-electron chi connectivity index (χ2n) is 18.9. The van der Waals surface area contributed by atoms with Crippen molar-refractivity contribution >= 4 is 13.7 Å². The van der Waals surface area contributed by atoms with Crippen molar-refractivity contribution in [3.05, 3.63) is 36.5 Å². The lowest BCUT2D eigenvalue weighted by molar-refractivity contribution is -0.870. The van der Waals surface area contributed by atoms with Gasteiger partial charge in [-0.2, -0.15) is 0 Å². The first-order chi connectivity index (χ1) is 29.5. The van der Waals surface area contributed by atoms with Crippen molar-refractivity contribution in [2.45, 2.75) is 251 Å². The van der Waals surface area contributed by atoms with Crippen LogP contribution in [0.2, 0.25) is 0 Å². The normalized spacial score (nSPS) is 14.4. The number of hydrogen-bond donors (Lipinski definition) is 3. The predicted octanol–water partition coefficient (Wildman–Crippen LogP) is 15.0. The summed E-state index contributed by atoms with van der Waals surface area (Å²) < 4.78 is 23.5. The smallest absolute Gasteiger partial charge is 0.387 e. The topological polar surface area (TPSA) is 105 Å². The lowest BCUT2D eigenvalue weighted by atomic mass is 10.0. The van der Waals surface area contributed by atoms with Crippen molar-refractivity contribution in [3.63, 3.8) is 0 Å². The van der Waals surface area contributed by atoms with Crippen LogP contribution >= 0.6 is 7.82 Å². The Labute approximate surface area is 378 Å². The number of likely N-dealkylation sites (N-methyl/N-ethyl adjacent to an activating group) is 1. The fourth-order valence-electron chi connectivity index (χ4n) is 7.46. The van der Waals surface area contributed by atoms with Crippen molar-refractivity contribution in [2.24, 2.45) is 0 Å². The molecule has 360 valence electrons. The van der Waals surface area contributed by atoms with E-state index in [-0.39, 0.29) is 19.1 Å². The molecule has 3 N–H and O–H groups in total. The minimum atomic E-state index is -4.34. The van der Waals surface area contributed by atoms with Gasteiger partial charge in [-0.05, 0) is 57.8 Å². The van der Waals surface area contributed by atoms with E-state index in [2.05, 4.69) is 43.5 Å². The van der Waals surface area contributed by atoms with Gasteiger partial charge in [0.1, 0.15) is 13.2 Å². The molecule has 9 heteroatoms. The number of hydrogen-bond acceptors (Lipinski definition) is 5. The Morgan fingerprint density at radius 3 is 1.33 bits per heavy atom. The van der Waals surface area contributed by atoms with Gasteiger partial charge in [0.05, 0.1) is 39.9 Å². The van der Waals surface area contributed by atoms with Crippen LogP contribution in [0.4, 0.5) is 0 Å². The van der Waals surface area contributed by atoms with E-state index in [4.69, 9.17) is 9.05 Å². The Hall–Kier alpha value is -1.28. The van der Waals surface area contributed by atoms with Crippen molar-refractivity contribution in [1.82, 2.24) is 5.32 Å². The highest BCUT2D eigenvalue weighted by molar-refractivity contribution is 7.47. The molecule has 0 saturated carbocycles. The maximum atomic E-state index is 12.9. The van der Waals surface area contributed by atoms with Gasteiger partial charge < -0.3 is 19.8 Å². The molecule has 0 heterocycles. The third kappa shape index (κ3) is 46.5. The van der Waals surface area contributed by atoms with Gasteiger partial charge in [-0.1, -0.05) is 211 Å². The number of nitrogens with zero attached hydrogens (tertiary/aromatic N) is 1. The summed E-state index contributed by atoms with van der Waals surface area (Å²) in [7, 11) is 1.56. The number of allylic oxidation sites excluding steroid dienone is 5. The van der Waals surface area contributed by atoms with E-state index in [1.807, 2.05) is 27.2 Å². The first-order valence-corrected chi connectivity index (χ1v) is 27.4. The molecule has 0 aromatic carbocycles. The molecule has 1 amide bonds. The Morgan fingerprint density at radius 2 is 0.902 bits per heavy atom. The average Bonchev–Trinajstić information content (AvgIpc) is 3.21. The summed E-state index contributed by atoms with van der Waals surface area (Å²) >= 11 is 0. The lowest BCUT2D eigenvalue weighted by Crippen LogP contribution is -2.45. The molecular formula is C52H102N2O6P+. The molecule has 0 radical (unpaired) electrons. The van der Waals surface area contributed by atoms with Crippen molar-refractivity contribution in [2.75, 3.05) is 40.9 Å². The minimum Gasteiger partial charge on any atom is -0.387 e. The van der Waals surface area contributed by atoms with Crippen LogP contribution in [0.1, 0.15) is 239 Å². The van der Waals surface area contributed by atoms with Crippen LogP contribution in [-0.2, 0) is 18.4 Å². The molecule has 0 bridgehead atoms. The number of aliphatic hydroxyl groups excluding tert-OH is 1. The minimum absolute atomic E-state index is 0.0564. The first kappa shape index (κ1) is 59.7. The molecule has 0 rings (SSSR count). The standard InChI is InChI=1S/C52H101N2O6P/c1-6-8-10-12-14-16-18-19-20-21-22-23-24-25-26-27-28-29-30-31-32-33-34-35-36-38-40-42-44-46-52(56)53-50(49-60-61(57,58)59-48-47-54(3,4)5)51(55)45-43-41-39-37-17-15-13-11-9-7-2/h17,25-26,37,43,45,50-51,55H,6-16,18-24,27-36,38-42,44,46-49H2,1-5H3,(H-,53,56,57,58)/p+1/b26-25-,37-17+,45-43+. The summed E-state index contributed by atoms with van der Waals surface area (Å²) in [6, 6.07) is -0.860. The molecule has 3 unspecified atom stereocenters. The maximum absolute atomic E-state index is 12.9. The largest absolute Gasteiger partial charge is 0.472 e. The second kappa shape index (κ2) is 43.9. The molecule has 3 atom stereocenters. The second-order valence-corrected chi connectivity index (χ2v) is 20.3. The summed E-state index contributed by atoms with van der Waals surface area (Å²) in [6.07, 6.45) is 55.4. The molecule has 0 aliphatic carbocycles. The summed E-state index contributed by atoms with van der Waals surface area (Å²) in [5, 5.41) is 13.8. The number of amides is 1. The zero-order valence-electron chi connectivity index (χ0n) is 40.9. The number of carbonyl (C=O) groups is 1. The van der Waals surface area contributed by atoms with Gasteiger partial charge in [0, 0.05) is 6.42 Å². The first-order valence-electron chi connectivity index (χ1n) is 25.9. The number of rotatable bonds is 47. The van der Waals surface area contributed by atoms with Gasteiger partial charge >= 0.3 is 7.82 Å². The maximum Gasteiger partial charge on any atom is 0.472 e. The molecule has 8 nitrogen and oxygen atoms in total. The fourth-order valence-corrected chi connectivity index (χ4v) is 8.20. The van der Waals surface area contributed by atoms with Gasteiger partial charge in [-0.3, -0.25) is 13.8 Å². The molecule has 0 spiro atoms. The highest BCUT2D eigenvalue weighted by Crippen LogP contribution is 2.43. The Kier molecular flexibility index (Phi) is 43.0. The number of aliphatic hydroxyl groups is 1. The van der Waals surface area contributed by atoms with E-state index in [1.165, 1.54) is 180 Å². The van der Waals surface area contributed by atoms with Crippen molar-refractivity contribution in [3.8, 4) is 0 Å². The van der Waals surface area contributed by atoms with E-state index in [0.717, 1.165) is 38.5 Å². The molecule has 0 aliphatic heterocycles. The molecule has 0 fully saturated rings. The van der Waals surface area contributed by atoms with Gasteiger partial charge in [0.15, 0.2) is 0 Å². The van der Waals surface area contributed by atoms with Gasteiger partial charge in [0.2, 0.25) is 5.91 Å². The monoisotopic (exact) mass is 882 g/mol. The molecule has 0 aromatic rings. The third-order valence-electron chi connectivity index (χ3n) is 11.6. The summed E-state index contributed by atoms with van der Waals surface area (Å²) in [5.41, 5.74) is 0.